The highest BCUT2D eigenvalue weighted by Crippen LogP contribution is 2.30. The van der Waals surface area contributed by atoms with E-state index in [0.717, 1.165) is 51.1 Å². The first-order valence-electron chi connectivity index (χ1n) is 7.85. The predicted octanol–water partition coefficient (Wildman–Crippen LogP) is 2.33. The van der Waals surface area contributed by atoms with E-state index < -0.39 is 0 Å². The minimum atomic E-state index is 0.0278. The number of carbonyl (C=O) groups excluding carboxylic acids is 1. The van der Waals surface area contributed by atoms with E-state index in [2.05, 4.69) is 22.3 Å². The first-order chi connectivity index (χ1) is 10.2. The van der Waals surface area contributed by atoms with Crippen LogP contribution in [0.1, 0.15) is 37.7 Å². The van der Waals surface area contributed by atoms with Crippen molar-refractivity contribution in [3.63, 3.8) is 0 Å². The van der Waals surface area contributed by atoms with Gasteiger partial charge < -0.3 is 10.1 Å². The quantitative estimate of drug-likeness (QED) is 0.928. The van der Waals surface area contributed by atoms with Crippen LogP contribution in [0.15, 0.2) is 24.3 Å². The van der Waals surface area contributed by atoms with Gasteiger partial charge in [-0.25, -0.2) is 0 Å². The lowest BCUT2D eigenvalue weighted by Gasteiger charge is -2.45. The van der Waals surface area contributed by atoms with Gasteiger partial charge >= 0.3 is 0 Å². The van der Waals surface area contributed by atoms with Crippen molar-refractivity contribution in [2.75, 3.05) is 20.2 Å². The second-order valence-electron chi connectivity index (χ2n) is 6.34. The Bertz CT molecular complexity index is 496. The molecule has 2 heterocycles. The third-order valence-corrected chi connectivity index (χ3v) is 4.68. The van der Waals surface area contributed by atoms with Gasteiger partial charge in [-0.15, -0.1) is 0 Å². The van der Waals surface area contributed by atoms with Crippen molar-refractivity contribution in [2.45, 2.75) is 44.2 Å². The zero-order valence-electron chi connectivity index (χ0n) is 12.7. The number of methoxy groups -OCH3 is 1. The van der Waals surface area contributed by atoms with Crippen LogP contribution in [-0.2, 0) is 11.3 Å². The predicted molar refractivity (Wildman–Crippen MR) is 82.2 cm³/mol. The van der Waals surface area contributed by atoms with Gasteiger partial charge in [0.15, 0.2) is 0 Å². The highest BCUT2D eigenvalue weighted by molar-refractivity contribution is 5.77. The summed E-state index contributed by atoms with van der Waals surface area (Å²) in [5.41, 5.74) is 1.33. The van der Waals surface area contributed by atoms with Gasteiger partial charge in [-0.1, -0.05) is 12.1 Å². The second-order valence-corrected chi connectivity index (χ2v) is 6.34. The molecule has 1 aromatic carbocycles. The number of nitrogens with zero attached hydrogens (tertiary/aromatic N) is 1. The number of carbonyl (C=O) groups is 1. The van der Waals surface area contributed by atoms with Crippen LogP contribution in [0.4, 0.5) is 0 Å². The van der Waals surface area contributed by atoms with Crippen LogP contribution in [0.3, 0.4) is 0 Å². The van der Waals surface area contributed by atoms with Gasteiger partial charge in [0.2, 0.25) is 5.91 Å². The van der Waals surface area contributed by atoms with Gasteiger partial charge in [0.25, 0.3) is 0 Å². The number of benzene rings is 1. The van der Waals surface area contributed by atoms with E-state index in [9.17, 15) is 4.79 Å². The molecular weight excluding hydrogens is 264 g/mol. The Morgan fingerprint density at radius 1 is 1.24 bits per heavy atom. The summed E-state index contributed by atoms with van der Waals surface area (Å²) in [6.45, 7) is 3.04. The van der Waals surface area contributed by atoms with Crippen molar-refractivity contribution in [2.24, 2.45) is 0 Å². The third-order valence-electron chi connectivity index (χ3n) is 4.68. The van der Waals surface area contributed by atoms with E-state index >= 15 is 0 Å². The molecule has 0 bridgehead atoms. The minimum absolute atomic E-state index is 0.0278. The number of nitrogens with one attached hydrogen (secondary N) is 1. The van der Waals surface area contributed by atoms with Gasteiger partial charge in [0.05, 0.1) is 12.6 Å². The lowest BCUT2D eigenvalue weighted by molar-refractivity contribution is -0.126. The number of piperidine rings is 2. The van der Waals surface area contributed by atoms with Crippen LogP contribution in [0.25, 0.3) is 0 Å². The zero-order valence-corrected chi connectivity index (χ0v) is 12.7. The summed E-state index contributed by atoms with van der Waals surface area (Å²) in [6.07, 6.45) is 5.13. The summed E-state index contributed by atoms with van der Waals surface area (Å²) in [6, 6.07) is 8.27. The molecule has 21 heavy (non-hydrogen) atoms. The summed E-state index contributed by atoms with van der Waals surface area (Å²) in [4.78, 5) is 14.2. The number of ether oxygens (including phenoxy) is 1. The van der Waals surface area contributed by atoms with Crippen LogP contribution in [-0.4, -0.2) is 36.5 Å². The first kappa shape index (κ1) is 14.4. The Labute approximate surface area is 126 Å². The summed E-state index contributed by atoms with van der Waals surface area (Å²) in [5, 5.41) is 3.27. The number of hydrogen-bond acceptors (Lipinski definition) is 3. The van der Waals surface area contributed by atoms with Crippen molar-refractivity contribution in [1.82, 2.24) is 10.2 Å². The SMILES string of the molecule is COc1ccc(CN2CCC[C@@]3(CCCC(=O)N3)C2)cc1. The fourth-order valence-electron chi connectivity index (χ4n) is 3.67. The normalized spacial score (nSPS) is 26.6. The topological polar surface area (TPSA) is 41.6 Å². The molecule has 2 aliphatic heterocycles. The molecule has 2 fully saturated rings. The van der Waals surface area contributed by atoms with E-state index in [0.29, 0.717) is 6.42 Å². The molecule has 4 heteroatoms. The van der Waals surface area contributed by atoms with Crippen LogP contribution < -0.4 is 10.1 Å². The monoisotopic (exact) mass is 288 g/mol. The Hall–Kier alpha value is -1.55. The third kappa shape index (κ3) is 3.38. The standard InChI is InChI=1S/C17H24N2O2/c1-21-15-7-5-14(6-8-15)12-19-11-3-10-17(13-19)9-2-4-16(20)18-17/h5-8H,2-4,9-13H2,1H3,(H,18,20)/t17-/m0/s1. The summed E-state index contributed by atoms with van der Waals surface area (Å²) in [5.74, 6) is 1.13. The average molecular weight is 288 g/mol. The molecule has 2 saturated heterocycles. The Kier molecular flexibility index (Phi) is 4.15. The largest absolute Gasteiger partial charge is 0.497 e. The molecule has 1 N–H and O–H groups in total. The minimum Gasteiger partial charge on any atom is -0.497 e. The van der Waals surface area contributed by atoms with Crippen molar-refractivity contribution < 1.29 is 9.53 Å². The maximum absolute atomic E-state index is 11.7. The number of hydrogen-bond donors (Lipinski definition) is 1. The molecule has 4 nitrogen and oxygen atoms in total. The maximum Gasteiger partial charge on any atom is 0.220 e. The fraction of sp³-hybridized carbons (Fsp3) is 0.588. The van der Waals surface area contributed by atoms with Crippen LogP contribution in [0.2, 0.25) is 0 Å². The van der Waals surface area contributed by atoms with E-state index in [1.807, 2.05) is 12.1 Å². The molecule has 1 aromatic rings. The summed E-state index contributed by atoms with van der Waals surface area (Å²) >= 11 is 0. The molecule has 114 valence electrons. The highest BCUT2D eigenvalue weighted by Gasteiger charge is 2.38. The Morgan fingerprint density at radius 2 is 2.00 bits per heavy atom. The number of rotatable bonds is 3. The van der Waals surface area contributed by atoms with E-state index in [1.54, 1.807) is 7.11 Å². The highest BCUT2D eigenvalue weighted by atomic mass is 16.5. The van der Waals surface area contributed by atoms with Crippen LogP contribution in [0, 0.1) is 0 Å². The molecular formula is C17H24N2O2. The van der Waals surface area contributed by atoms with Gasteiger partial charge in [0.1, 0.15) is 5.75 Å². The molecule has 0 saturated carbocycles. The van der Waals surface area contributed by atoms with Crippen molar-refractivity contribution in [3.8, 4) is 5.75 Å². The Morgan fingerprint density at radius 3 is 2.71 bits per heavy atom. The van der Waals surface area contributed by atoms with Gasteiger partial charge in [-0.2, -0.15) is 0 Å². The van der Waals surface area contributed by atoms with Crippen molar-refractivity contribution in [3.05, 3.63) is 29.8 Å². The lowest BCUT2D eigenvalue weighted by Crippen LogP contribution is -2.60. The van der Waals surface area contributed by atoms with E-state index in [1.165, 1.54) is 5.56 Å². The smallest absolute Gasteiger partial charge is 0.220 e. The summed E-state index contributed by atoms with van der Waals surface area (Å²) in [7, 11) is 1.69. The molecule has 2 aliphatic rings. The van der Waals surface area contributed by atoms with Crippen molar-refractivity contribution in [1.29, 1.82) is 0 Å². The number of likely N-dealkylation sites (tertiary alicyclic amines) is 1. The molecule has 0 aromatic heterocycles. The molecule has 3 rings (SSSR count). The molecule has 0 radical (unpaired) electrons. The molecule has 1 spiro atoms. The second kappa shape index (κ2) is 6.06. The zero-order chi connectivity index (χ0) is 14.7. The van der Waals surface area contributed by atoms with Gasteiger partial charge in [0, 0.05) is 19.5 Å². The van der Waals surface area contributed by atoms with Crippen LogP contribution >= 0.6 is 0 Å². The van der Waals surface area contributed by atoms with E-state index in [4.69, 9.17) is 4.74 Å². The average Bonchev–Trinajstić information content (AvgIpc) is 2.48. The fourth-order valence-corrected chi connectivity index (χ4v) is 3.67. The molecule has 1 atom stereocenters. The van der Waals surface area contributed by atoms with Gasteiger partial charge in [-0.05, 0) is 49.9 Å². The van der Waals surface area contributed by atoms with Gasteiger partial charge in [-0.3, -0.25) is 9.69 Å². The molecule has 1 amide bonds. The first-order valence-corrected chi connectivity index (χ1v) is 7.85. The molecule has 0 unspecified atom stereocenters. The van der Waals surface area contributed by atoms with E-state index in [-0.39, 0.29) is 11.4 Å². The maximum atomic E-state index is 11.7. The number of amides is 1. The molecule has 0 aliphatic carbocycles. The van der Waals surface area contributed by atoms with Crippen molar-refractivity contribution >= 4 is 5.91 Å². The Balaban J connectivity index is 1.64. The van der Waals surface area contributed by atoms with Crippen LogP contribution in [0.5, 0.6) is 5.75 Å². The summed E-state index contributed by atoms with van der Waals surface area (Å²) < 4.78 is 5.20. The lowest BCUT2D eigenvalue weighted by atomic mass is 9.81.